The molecule has 1 N–H and O–H groups in total. The maximum absolute atomic E-state index is 12.6. The molecule has 6 heteroatoms. The first kappa shape index (κ1) is 13.6. The maximum Gasteiger partial charge on any atom is 0.249 e. The summed E-state index contributed by atoms with van der Waals surface area (Å²) in [5.41, 5.74) is 0.851. The van der Waals surface area contributed by atoms with Gasteiger partial charge in [-0.05, 0) is 11.6 Å². The molecule has 0 radical (unpaired) electrons. The second kappa shape index (κ2) is 5.18. The van der Waals surface area contributed by atoms with E-state index in [1.807, 2.05) is 24.3 Å². The number of likely N-dealkylation sites (N-methyl/N-ethyl adjacent to an activating group) is 1. The monoisotopic (exact) mass is 337 g/mol. The standard InChI is InChI=1S/C14H16BrN3O2/c1-17-8-9-6-16-7-12(19)18(9)13(14(17)20)10-4-2-3-5-11(10)15/h2-5,9,13,16H,6-8H2,1H3. The van der Waals surface area contributed by atoms with E-state index in [0.717, 1.165) is 16.6 Å². The predicted octanol–water partition coefficient (Wildman–Crippen LogP) is 0.763. The smallest absolute Gasteiger partial charge is 0.249 e. The highest BCUT2D eigenvalue weighted by molar-refractivity contribution is 9.10. The molecule has 2 unspecified atom stereocenters. The molecule has 0 aromatic heterocycles. The van der Waals surface area contributed by atoms with Gasteiger partial charge in [-0.2, -0.15) is 0 Å². The third-order valence-corrected chi connectivity index (χ3v) is 4.63. The molecule has 5 nitrogen and oxygen atoms in total. The van der Waals surface area contributed by atoms with Crippen molar-refractivity contribution in [3.05, 3.63) is 34.3 Å². The number of piperazine rings is 2. The van der Waals surface area contributed by atoms with Crippen LogP contribution in [0.25, 0.3) is 0 Å². The van der Waals surface area contributed by atoms with Crippen LogP contribution in [0.1, 0.15) is 11.6 Å². The number of nitrogens with zero attached hydrogens (tertiary/aromatic N) is 2. The van der Waals surface area contributed by atoms with Gasteiger partial charge in [0.15, 0.2) is 0 Å². The van der Waals surface area contributed by atoms with Crippen LogP contribution in [0, 0.1) is 0 Å². The molecule has 1 aromatic carbocycles. The third-order valence-electron chi connectivity index (χ3n) is 3.91. The van der Waals surface area contributed by atoms with Crippen molar-refractivity contribution in [2.24, 2.45) is 0 Å². The van der Waals surface area contributed by atoms with Crippen LogP contribution in [0.2, 0.25) is 0 Å². The van der Waals surface area contributed by atoms with Gasteiger partial charge in [-0.15, -0.1) is 0 Å². The summed E-state index contributed by atoms with van der Waals surface area (Å²) in [6.45, 7) is 1.61. The fraction of sp³-hybridized carbons (Fsp3) is 0.429. The number of hydrogen-bond acceptors (Lipinski definition) is 3. The molecule has 1 aromatic rings. The van der Waals surface area contributed by atoms with Crippen LogP contribution in [-0.4, -0.2) is 54.3 Å². The number of carbonyl (C=O) groups excluding carboxylic acids is 2. The summed E-state index contributed by atoms with van der Waals surface area (Å²) >= 11 is 3.49. The zero-order chi connectivity index (χ0) is 14.3. The molecule has 2 amide bonds. The molecule has 2 heterocycles. The average molecular weight is 338 g/mol. The van der Waals surface area contributed by atoms with Crippen molar-refractivity contribution in [1.82, 2.24) is 15.1 Å². The Balaban J connectivity index is 2.06. The average Bonchev–Trinajstić information content (AvgIpc) is 2.42. The molecule has 0 saturated carbocycles. The Morgan fingerprint density at radius 3 is 2.80 bits per heavy atom. The Kier molecular flexibility index (Phi) is 3.52. The van der Waals surface area contributed by atoms with Gasteiger partial charge in [-0.3, -0.25) is 9.59 Å². The summed E-state index contributed by atoms with van der Waals surface area (Å²) in [7, 11) is 1.79. The molecule has 2 aliphatic rings. The number of halogens is 1. The second-order valence-corrected chi connectivity index (χ2v) is 6.08. The van der Waals surface area contributed by atoms with Crippen molar-refractivity contribution in [1.29, 1.82) is 0 Å². The van der Waals surface area contributed by atoms with E-state index in [2.05, 4.69) is 21.2 Å². The molecule has 106 valence electrons. The van der Waals surface area contributed by atoms with E-state index in [1.165, 1.54) is 0 Å². The summed E-state index contributed by atoms with van der Waals surface area (Å²) in [6, 6.07) is 7.11. The lowest BCUT2D eigenvalue weighted by Gasteiger charge is -2.47. The van der Waals surface area contributed by atoms with Gasteiger partial charge < -0.3 is 15.1 Å². The Morgan fingerprint density at radius 1 is 1.30 bits per heavy atom. The lowest BCUT2D eigenvalue weighted by Crippen LogP contribution is -2.65. The Labute approximate surface area is 126 Å². The van der Waals surface area contributed by atoms with Gasteiger partial charge in [0.2, 0.25) is 11.8 Å². The summed E-state index contributed by atoms with van der Waals surface area (Å²) < 4.78 is 0.860. The number of hydrogen-bond donors (Lipinski definition) is 1. The molecule has 2 atom stereocenters. The lowest BCUT2D eigenvalue weighted by molar-refractivity contribution is -0.156. The minimum absolute atomic E-state index is 0.0107. The third kappa shape index (κ3) is 2.13. The van der Waals surface area contributed by atoms with E-state index >= 15 is 0 Å². The SMILES string of the molecule is CN1CC2CNCC(=O)N2C(c2ccccc2Br)C1=O. The van der Waals surface area contributed by atoms with Crippen LogP contribution in [0.5, 0.6) is 0 Å². The minimum Gasteiger partial charge on any atom is -0.342 e. The van der Waals surface area contributed by atoms with E-state index in [1.54, 1.807) is 16.8 Å². The summed E-state index contributed by atoms with van der Waals surface area (Å²) in [5.74, 6) is -0.0353. The fourth-order valence-electron chi connectivity index (χ4n) is 2.96. The van der Waals surface area contributed by atoms with E-state index in [9.17, 15) is 9.59 Å². The number of benzene rings is 1. The van der Waals surface area contributed by atoms with Crippen LogP contribution >= 0.6 is 15.9 Å². The van der Waals surface area contributed by atoms with Gasteiger partial charge in [0, 0.05) is 24.6 Å². The van der Waals surface area contributed by atoms with Gasteiger partial charge in [0.25, 0.3) is 0 Å². The Morgan fingerprint density at radius 2 is 2.05 bits per heavy atom. The second-order valence-electron chi connectivity index (χ2n) is 5.23. The molecule has 0 aliphatic carbocycles. The van der Waals surface area contributed by atoms with Crippen molar-refractivity contribution in [3.8, 4) is 0 Å². The molecule has 2 saturated heterocycles. The van der Waals surface area contributed by atoms with Crippen LogP contribution in [0.15, 0.2) is 28.7 Å². The topological polar surface area (TPSA) is 52.7 Å². The molecule has 0 bridgehead atoms. The fourth-order valence-corrected chi connectivity index (χ4v) is 3.46. The number of rotatable bonds is 1. The van der Waals surface area contributed by atoms with E-state index in [0.29, 0.717) is 13.1 Å². The first-order valence-electron chi connectivity index (χ1n) is 6.61. The van der Waals surface area contributed by atoms with Crippen molar-refractivity contribution < 1.29 is 9.59 Å². The number of fused-ring (bicyclic) bond motifs is 1. The zero-order valence-corrected chi connectivity index (χ0v) is 12.8. The van der Waals surface area contributed by atoms with E-state index in [4.69, 9.17) is 0 Å². The highest BCUT2D eigenvalue weighted by Gasteiger charge is 2.44. The Hall–Kier alpha value is -1.40. The van der Waals surface area contributed by atoms with Crippen molar-refractivity contribution in [2.45, 2.75) is 12.1 Å². The van der Waals surface area contributed by atoms with Crippen LogP contribution < -0.4 is 5.32 Å². The number of nitrogens with one attached hydrogen (secondary N) is 1. The van der Waals surface area contributed by atoms with Gasteiger partial charge >= 0.3 is 0 Å². The van der Waals surface area contributed by atoms with Gasteiger partial charge in [0.1, 0.15) is 6.04 Å². The van der Waals surface area contributed by atoms with Crippen LogP contribution in [0.4, 0.5) is 0 Å². The molecule has 2 aliphatic heterocycles. The van der Waals surface area contributed by atoms with E-state index < -0.39 is 6.04 Å². The van der Waals surface area contributed by atoms with Gasteiger partial charge in [0.05, 0.1) is 12.6 Å². The Bertz CT molecular complexity index is 563. The first-order chi connectivity index (χ1) is 9.59. The number of carbonyl (C=O) groups is 2. The lowest BCUT2D eigenvalue weighted by atomic mass is 9.96. The van der Waals surface area contributed by atoms with Crippen molar-refractivity contribution in [3.63, 3.8) is 0 Å². The molecule has 3 rings (SSSR count). The van der Waals surface area contributed by atoms with E-state index in [-0.39, 0.29) is 17.9 Å². The van der Waals surface area contributed by atoms with Crippen molar-refractivity contribution in [2.75, 3.05) is 26.7 Å². The highest BCUT2D eigenvalue weighted by atomic mass is 79.9. The molecular weight excluding hydrogens is 322 g/mol. The zero-order valence-electron chi connectivity index (χ0n) is 11.2. The van der Waals surface area contributed by atoms with Gasteiger partial charge in [-0.1, -0.05) is 34.1 Å². The molecule has 20 heavy (non-hydrogen) atoms. The molecular formula is C14H16BrN3O2. The largest absolute Gasteiger partial charge is 0.342 e. The highest BCUT2D eigenvalue weighted by Crippen LogP contribution is 2.34. The quantitative estimate of drug-likeness (QED) is 0.823. The summed E-state index contributed by atoms with van der Waals surface area (Å²) in [6.07, 6.45) is 0. The van der Waals surface area contributed by atoms with Gasteiger partial charge in [-0.25, -0.2) is 0 Å². The normalized spacial score (nSPS) is 26.7. The molecule has 2 fully saturated rings. The summed E-state index contributed by atoms with van der Waals surface area (Å²) in [4.78, 5) is 28.3. The maximum atomic E-state index is 12.6. The summed E-state index contributed by atoms with van der Waals surface area (Å²) in [5, 5.41) is 3.11. The first-order valence-corrected chi connectivity index (χ1v) is 7.40. The van der Waals surface area contributed by atoms with Crippen LogP contribution in [-0.2, 0) is 9.59 Å². The predicted molar refractivity (Wildman–Crippen MR) is 78.0 cm³/mol. The van der Waals surface area contributed by atoms with Crippen molar-refractivity contribution >= 4 is 27.7 Å². The number of amides is 2. The van der Waals surface area contributed by atoms with Crippen LogP contribution in [0.3, 0.4) is 0 Å². The molecule has 0 spiro atoms. The minimum atomic E-state index is -0.524.